The highest BCUT2D eigenvalue weighted by atomic mass is 35.5. The van der Waals surface area contributed by atoms with Crippen LogP contribution in [0, 0.1) is 0 Å². The van der Waals surface area contributed by atoms with Gasteiger partial charge in [-0.1, -0.05) is 85.3 Å². The van der Waals surface area contributed by atoms with Crippen molar-refractivity contribution >= 4 is 69.3 Å². The monoisotopic (exact) mass is 680 g/mol. The zero-order valence-corrected chi connectivity index (χ0v) is 28.0. The Kier molecular flexibility index (Phi) is 10.2. The number of benzene rings is 2. The molecule has 2 atom stereocenters. The average Bonchev–Trinajstić information content (AvgIpc) is 3.48. The predicted molar refractivity (Wildman–Crippen MR) is 179 cm³/mol. The number of carbonyl (C=O) groups excluding carboxylic acids is 4. The Morgan fingerprint density at radius 2 is 1.72 bits per heavy atom. The zero-order valence-electron chi connectivity index (χ0n) is 25.6. The number of halogens is 1. The number of rotatable bonds is 9. The van der Waals surface area contributed by atoms with Crippen molar-refractivity contribution in [2.75, 3.05) is 11.1 Å². The first-order chi connectivity index (χ1) is 22.0. The van der Waals surface area contributed by atoms with Crippen LogP contribution in [0.5, 0.6) is 0 Å². The van der Waals surface area contributed by atoms with Crippen molar-refractivity contribution < 1.29 is 28.7 Å². The van der Waals surface area contributed by atoms with Gasteiger partial charge in [-0.3, -0.25) is 19.8 Å². The van der Waals surface area contributed by atoms with Crippen LogP contribution in [-0.2, 0) is 23.9 Å². The van der Waals surface area contributed by atoms with Gasteiger partial charge >= 0.3 is 12.1 Å². The Hall–Kier alpha value is -4.13. The molecular weight excluding hydrogens is 648 g/mol. The Bertz CT molecular complexity index is 1650. The lowest BCUT2D eigenvalue weighted by Gasteiger charge is -2.49. The third kappa shape index (κ3) is 7.46. The summed E-state index contributed by atoms with van der Waals surface area (Å²) in [5.41, 5.74) is 1.42. The molecule has 3 aromatic rings. The summed E-state index contributed by atoms with van der Waals surface area (Å²) >= 11 is 9.02. The number of esters is 1. The van der Waals surface area contributed by atoms with Gasteiger partial charge in [0.05, 0.1) is 16.3 Å². The van der Waals surface area contributed by atoms with Crippen LogP contribution in [0.3, 0.4) is 0 Å². The number of nitrogens with zero attached hydrogens (tertiary/aromatic N) is 2. The molecule has 2 N–H and O–H groups in total. The van der Waals surface area contributed by atoms with Gasteiger partial charge in [-0.25, -0.2) is 14.6 Å². The fourth-order valence-electron chi connectivity index (χ4n) is 4.90. The number of carbonyl (C=O) groups is 4. The number of allylic oxidation sites excluding steroid dienone is 1. The molecule has 1 fully saturated rings. The first kappa shape index (κ1) is 33.2. The molecule has 0 bridgehead atoms. The van der Waals surface area contributed by atoms with Crippen LogP contribution in [-0.4, -0.2) is 56.5 Å². The second-order valence-electron chi connectivity index (χ2n) is 11.4. The summed E-state index contributed by atoms with van der Waals surface area (Å²) in [6.45, 7) is 7.13. The summed E-state index contributed by atoms with van der Waals surface area (Å²) in [7, 11) is 0. The normalized spacial score (nSPS) is 18.1. The topological polar surface area (TPSA) is 127 Å². The fraction of sp³-hybridized carbons (Fsp3) is 0.303. The number of aromatic nitrogens is 1. The minimum absolute atomic E-state index is 0.0283. The molecule has 46 heavy (non-hydrogen) atoms. The highest BCUT2D eigenvalue weighted by Crippen LogP contribution is 2.43. The van der Waals surface area contributed by atoms with Crippen molar-refractivity contribution in [2.45, 2.75) is 57.2 Å². The highest BCUT2D eigenvalue weighted by Gasteiger charge is 2.54. The number of fused-ring (bicyclic) bond motifs is 1. The first-order valence-corrected chi connectivity index (χ1v) is 16.9. The van der Waals surface area contributed by atoms with E-state index in [2.05, 4.69) is 15.6 Å². The Morgan fingerprint density at radius 3 is 2.30 bits per heavy atom. The number of thiazole rings is 1. The summed E-state index contributed by atoms with van der Waals surface area (Å²) in [6, 6.07) is 17.7. The summed E-state index contributed by atoms with van der Waals surface area (Å²) in [6.07, 6.45) is 0.842. The standard InChI is InChI=1S/C33H33ClN4O6S2/c1-5-12-21(23-18-46-31(35-23)37-32(42)44-33(2,3)4)27(39)36-24-28(40)38-25(22(34)17-45-29(24)38)30(41)43-26(19-13-8-6-9-14-19)20-15-10-7-11-16-20/h6-16,18,24,26,29H,5,17H2,1-4H3,(H,36,39)(H,35,37,42)/b21-12-/t24-,29-/m1/s1. The second-order valence-corrected chi connectivity index (χ2v) is 13.8. The lowest BCUT2D eigenvalue weighted by molar-refractivity contribution is -0.154. The largest absolute Gasteiger partial charge is 0.448 e. The Morgan fingerprint density at radius 1 is 1.09 bits per heavy atom. The van der Waals surface area contributed by atoms with Crippen molar-refractivity contribution in [3.8, 4) is 0 Å². The number of amides is 3. The van der Waals surface area contributed by atoms with E-state index >= 15 is 0 Å². The molecule has 2 aromatic carbocycles. The van der Waals surface area contributed by atoms with Crippen LogP contribution >= 0.6 is 34.7 Å². The highest BCUT2D eigenvalue weighted by molar-refractivity contribution is 8.00. The molecule has 2 aliphatic rings. The summed E-state index contributed by atoms with van der Waals surface area (Å²) in [5, 5.41) is 6.94. The van der Waals surface area contributed by atoms with Crippen LogP contribution in [0.4, 0.5) is 9.93 Å². The van der Waals surface area contributed by atoms with Gasteiger partial charge in [-0.05, 0) is 38.3 Å². The minimum Gasteiger partial charge on any atom is -0.448 e. The molecule has 5 rings (SSSR count). The van der Waals surface area contributed by atoms with Crippen molar-refractivity contribution in [1.29, 1.82) is 0 Å². The molecule has 0 saturated carbocycles. The smallest absolute Gasteiger partial charge is 0.413 e. The van der Waals surface area contributed by atoms with E-state index in [4.69, 9.17) is 21.1 Å². The summed E-state index contributed by atoms with van der Waals surface area (Å²) in [4.78, 5) is 58.5. The van der Waals surface area contributed by atoms with E-state index in [0.29, 0.717) is 12.1 Å². The van der Waals surface area contributed by atoms with Gasteiger partial charge in [0, 0.05) is 11.1 Å². The van der Waals surface area contributed by atoms with Crippen LogP contribution in [0.2, 0.25) is 0 Å². The molecule has 0 unspecified atom stereocenters. The molecule has 10 nitrogen and oxygen atoms in total. The van der Waals surface area contributed by atoms with Crippen LogP contribution in [0.15, 0.2) is 82.8 Å². The third-order valence-electron chi connectivity index (χ3n) is 6.87. The van der Waals surface area contributed by atoms with E-state index in [-0.39, 0.29) is 27.2 Å². The molecule has 0 radical (unpaired) electrons. The summed E-state index contributed by atoms with van der Waals surface area (Å²) in [5.74, 6) is -1.46. The average molecular weight is 681 g/mol. The number of thioether (sulfide) groups is 1. The molecule has 1 saturated heterocycles. The quantitative estimate of drug-likeness (QED) is 0.150. The van der Waals surface area contributed by atoms with E-state index in [1.165, 1.54) is 16.7 Å². The van der Waals surface area contributed by atoms with E-state index in [9.17, 15) is 19.2 Å². The van der Waals surface area contributed by atoms with Crippen molar-refractivity contribution in [2.24, 2.45) is 0 Å². The molecular formula is C33H33ClN4O6S2. The van der Waals surface area contributed by atoms with E-state index in [0.717, 1.165) is 22.5 Å². The number of hydrogen-bond acceptors (Lipinski definition) is 9. The molecule has 1 aromatic heterocycles. The predicted octanol–water partition coefficient (Wildman–Crippen LogP) is 6.47. The number of anilines is 1. The molecule has 240 valence electrons. The molecule has 0 spiro atoms. The number of β-lactam (4-membered cyclic amide) rings is 1. The number of nitrogens with one attached hydrogen (secondary N) is 2. The zero-order chi connectivity index (χ0) is 33.0. The van der Waals surface area contributed by atoms with Crippen LogP contribution < -0.4 is 10.6 Å². The first-order valence-electron chi connectivity index (χ1n) is 14.6. The minimum atomic E-state index is -0.901. The van der Waals surface area contributed by atoms with Crippen LogP contribution in [0.1, 0.15) is 57.0 Å². The molecule has 0 aliphatic carbocycles. The van der Waals surface area contributed by atoms with Gasteiger partial charge < -0.3 is 14.8 Å². The van der Waals surface area contributed by atoms with Crippen molar-refractivity contribution in [3.05, 3.63) is 99.7 Å². The maximum Gasteiger partial charge on any atom is 0.413 e. The molecule has 3 amide bonds. The van der Waals surface area contributed by atoms with Crippen molar-refractivity contribution in [3.63, 3.8) is 0 Å². The van der Waals surface area contributed by atoms with E-state index < -0.39 is 47.0 Å². The Balaban J connectivity index is 1.29. The SMILES string of the molecule is CC/C=C(\C(=O)N[C@@H]1C(=O)N2C(C(=O)OC(c3ccccc3)c3ccccc3)=C(Cl)CS[C@H]12)c1csc(NC(=O)OC(C)(C)C)n1. The fourth-order valence-corrected chi connectivity index (χ4v) is 7.14. The van der Waals surface area contributed by atoms with E-state index in [1.807, 2.05) is 67.6 Å². The van der Waals surface area contributed by atoms with Crippen LogP contribution in [0.25, 0.3) is 5.57 Å². The molecule has 3 heterocycles. The number of ether oxygens (including phenoxy) is 2. The van der Waals surface area contributed by atoms with Gasteiger partial charge in [-0.2, -0.15) is 0 Å². The van der Waals surface area contributed by atoms with Crippen molar-refractivity contribution in [1.82, 2.24) is 15.2 Å². The number of hydrogen-bond donors (Lipinski definition) is 2. The van der Waals surface area contributed by atoms with Gasteiger partial charge in [0.2, 0.25) is 0 Å². The molecule has 13 heteroatoms. The third-order valence-corrected chi connectivity index (χ3v) is 9.38. The Labute approximate surface area is 280 Å². The second kappa shape index (κ2) is 14.1. The van der Waals surface area contributed by atoms with Gasteiger partial charge in [0.25, 0.3) is 11.8 Å². The van der Waals surface area contributed by atoms with E-state index in [1.54, 1.807) is 32.2 Å². The van der Waals surface area contributed by atoms with Gasteiger partial charge in [0.1, 0.15) is 22.7 Å². The molecule has 2 aliphatic heterocycles. The van der Waals surface area contributed by atoms with Gasteiger partial charge in [-0.15, -0.1) is 23.1 Å². The summed E-state index contributed by atoms with van der Waals surface area (Å²) < 4.78 is 11.3. The van der Waals surface area contributed by atoms with Gasteiger partial charge in [0.15, 0.2) is 11.2 Å². The maximum absolute atomic E-state index is 13.7. The lowest BCUT2D eigenvalue weighted by atomic mass is 10.0. The lowest BCUT2D eigenvalue weighted by Crippen LogP contribution is -2.70. The maximum atomic E-state index is 13.7.